The summed E-state index contributed by atoms with van der Waals surface area (Å²) in [5.74, 6) is 0.163. The summed E-state index contributed by atoms with van der Waals surface area (Å²) in [5, 5.41) is 19.5. The molecule has 0 aliphatic carbocycles. The second-order valence-electron chi connectivity index (χ2n) is 3.96. The van der Waals surface area contributed by atoms with E-state index < -0.39 is 0 Å². The largest absolute Gasteiger partial charge is 0.508 e. The van der Waals surface area contributed by atoms with E-state index in [9.17, 15) is 10.2 Å². The Morgan fingerprint density at radius 3 is 2.53 bits per heavy atom. The minimum atomic E-state index is 0.0779. The van der Waals surface area contributed by atoms with Gasteiger partial charge in [-0.15, -0.1) is 0 Å². The lowest BCUT2D eigenvalue weighted by Gasteiger charge is -2.09. The molecule has 0 unspecified atom stereocenters. The molecule has 3 heteroatoms. The van der Waals surface area contributed by atoms with E-state index in [0.717, 1.165) is 27.6 Å². The Morgan fingerprint density at radius 2 is 1.94 bits per heavy atom. The van der Waals surface area contributed by atoms with Crippen LogP contribution in [-0.2, 0) is 0 Å². The molecule has 1 aromatic rings. The molecule has 0 spiro atoms. The predicted octanol–water partition coefficient (Wildman–Crippen LogP) is 4.82. The van der Waals surface area contributed by atoms with Gasteiger partial charge in [0.25, 0.3) is 0 Å². The number of aryl methyl sites for hydroxylation is 1. The lowest BCUT2D eigenvalue weighted by atomic mass is 10.0. The van der Waals surface area contributed by atoms with Gasteiger partial charge in [0.2, 0.25) is 0 Å². The minimum Gasteiger partial charge on any atom is -0.508 e. The van der Waals surface area contributed by atoms with Crippen molar-refractivity contribution in [3.63, 3.8) is 0 Å². The van der Waals surface area contributed by atoms with Crippen LogP contribution in [0.25, 0.3) is 5.76 Å². The van der Waals surface area contributed by atoms with E-state index in [1.807, 2.05) is 32.9 Å². The molecule has 2 nitrogen and oxygen atoms in total. The number of rotatable bonds is 3. The molecule has 0 atom stereocenters. The average Bonchev–Trinajstić information content (AvgIpc) is 2.23. The highest BCUT2D eigenvalue weighted by Crippen LogP contribution is 2.25. The summed E-state index contributed by atoms with van der Waals surface area (Å²) < 4.78 is 0.912. The third kappa shape index (κ3) is 3.63. The van der Waals surface area contributed by atoms with Crippen molar-refractivity contribution in [3.05, 3.63) is 51.2 Å². The summed E-state index contributed by atoms with van der Waals surface area (Å²) >= 11 is 3.40. The summed E-state index contributed by atoms with van der Waals surface area (Å²) in [6.45, 7) is 5.86. The van der Waals surface area contributed by atoms with Gasteiger partial charge in [-0.2, -0.15) is 0 Å². The Balaban J connectivity index is 3.21. The normalized spacial score (nSPS) is 12.9. The zero-order chi connectivity index (χ0) is 13.0. The molecule has 0 radical (unpaired) electrons. The monoisotopic (exact) mass is 296 g/mol. The van der Waals surface area contributed by atoms with Gasteiger partial charge >= 0.3 is 0 Å². The van der Waals surface area contributed by atoms with E-state index in [4.69, 9.17) is 0 Å². The van der Waals surface area contributed by atoms with Crippen LogP contribution in [-0.4, -0.2) is 10.2 Å². The van der Waals surface area contributed by atoms with Gasteiger partial charge in [-0.3, -0.25) is 0 Å². The molecule has 1 rings (SSSR count). The van der Waals surface area contributed by atoms with Crippen molar-refractivity contribution in [2.45, 2.75) is 27.2 Å². The molecular weight excluding hydrogens is 280 g/mol. The average molecular weight is 297 g/mol. The Labute approximate surface area is 110 Å². The van der Waals surface area contributed by atoms with Crippen molar-refractivity contribution in [2.75, 3.05) is 0 Å². The highest BCUT2D eigenvalue weighted by atomic mass is 79.9. The molecule has 0 aliphatic rings. The van der Waals surface area contributed by atoms with Gasteiger partial charge in [0.15, 0.2) is 0 Å². The molecule has 0 heterocycles. The van der Waals surface area contributed by atoms with E-state index in [1.165, 1.54) is 6.08 Å². The van der Waals surface area contributed by atoms with Crippen LogP contribution in [0.1, 0.15) is 30.0 Å². The van der Waals surface area contributed by atoms with Crippen molar-refractivity contribution in [3.8, 4) is 0 Å². The van der Waals surface area contributed by atoms with Crippen molar-refractivity contribution < 1.29 is 10.2 Å². The second kappa shape index (κ2) is 5.92. The molecule has 0 saturated heterocycles. The van der Waals surface area contributed by atoms with E-state index in [-0.39, 0.29) is 11.5 Å². The molecular formula is C14H17BrO2. The number of hydrogen-bond donors (Lipinski definition) is 2. The molecule has 0 aromatic heterocycles. The van der Waals surface area contributed by atoms with Crippen LogP contribution in [0.2, 0.25) is 0 Å². The molecule has 1 aromatic carbocycles. The van der Waals surface area contributed by atoms with Crippen LogP contribution in [0.15, 0.2) is 34.5 Å². The molecule has 2 N–H and O–H groups in total. The Bertz CT molecular complexity index is 473. The lowest BCUT2D eigenvalue weighted by Crippen LogP contribution is -1.93. The van der Waals surface area contributed by atoms with Gasteiger partial charge in [0.1, 0.15) is 11.5 Å². The van der Waals surface area contributed by atoms with E-state index in [0.29, 0.717) is 0 Å². The fourth-order valence-corrected chi connectivity index (χ4v) is 2.14. The maximum absolute atomic E-state index is 9.99. The van der Waals surface area contributed by atoms with Crippen molar-refractivity contribution in [1.29, 1.82) is 0 Å². The van der Waals surface area contributed by atoms with Gasteiger partial charge in [0.05, 0.1) is 0 Å². The Hall–Kier alpha value is -1.22. The molecule has 0 amide bonds. The Kier molecular flexibility index (Phi) is 4.82. The van der Waals surface area contributed by atoms with E-state index in [2.05, 4.69) is 15.9 Å². The van der Waals surface area contributed by atoms with Gasteiger partial charge in [-0.1, -0.05) is 22.9 Å². The zero-order valence-corrected chi connectivity index (χ0v) is 11.9. The molecule has 0 bridgehead atoms. The van der Waals surface area contributed by atoms with Crippen molar-refractivity contribution in [2.24, 2.45) is 0 Å². The second-order valence-corrected chi connectivity index (χ2v) is 4.88. The number of aliphatic hydroxyl groups excluding tert-OH is 2. The van der Waals surface area contributed by atoms with E-state index >= 15 is 0 Å². The molecule has 17 heavy (non-hydrogen) atoms. The zero-order valence-electron chi connectivity index (χ0n) is 10.3. The number of benzene rings is 1. The van der Waals surface area contributed by atoms with Crippen LogP contribution in [0.3, 0.4) is 0 Å². The van der Waals surface area contributed by atoms with Crippen LogP contribution in [0.5, 0.6) is 0 Å². The van der Waals surface area contributed by atoms with Crippen molar-refractivity contribution >= 4 is 21.7 Å². The van der Waals surface area contributed by atoms with Gasteiger partial charge in [-0.25, -0.2) is 0 Å². The van der Waals surface area contributed by atoms with Crippen LogP contribution in [0.4, 0.5) is 0 Å². The molecule has 0 saturated carbocycles. The first-order valence-corrected chi connectivity index (χ1v) is 6.32. The quantitative estimate of drug-likeness (QED) is 0.620. The summed E-state index contributed by atoms with van der Waals surface area (Å²) in [7, 11) is 0. The van der Waals surface area contributed by atoms with Gasteiger partial charge < -0.3 is 10.2 Å². The summed E-state index contributed by atoms with van der Waals surface area (Å²) in [5.41, 5.74) is 2.83. The number of allylic oxidation sites excluding steroid dienone is 2. The minimum absolute atomic E-state index is 0.0779. The fourth-order valence-electron chi connectivity index (χ4n) is 1.57. The van der Waals surface area contributed by atoms with Crippen LogP contribution >= 0.6 is 15.9 Å². The number of halogens is 1. The summed E-state index contributed by atoms with van der Waals surface area (Å²) in [6.07, 6.45) is 3.75. The highest BCUT2D eigenvalue weighted by Gasteiger charge is 2.07. The number of hydrogen-bond acceptors (Lipinski definition) is 2. The first kappa shape index (κ1) is 13.8. The highest BCUT2D eigenvalue weighted by molar-refractivity contribution is 9.10. The van der Waals surface area contributed by atoms with Gasteiger partial charge in [-0.05, 0) is 49.6 Å². The number of aliphatic hydroxyl groups is 2. The summed E-state index contributed by atoms with van der Waals surface area (Å²) in [4.78, 5) is 0. The smallest absolute Gasteiger partial charge is 0.126 e. The standard InChI is InChI=1S/C14H17BrO2/c1-4-5-12(16)8-14(17)13-7-11(15)6-9(2)10(13)3/h5-8,16-17H,4H2,1-3H3/b12-5-,14-8+. The maximum Gasteiger partial charge on any atom is 0.126 e. The lowest BCUT2D eigenvalue weighted by molar-refractivity contribution is 0.424. The Morgan fingerprint density at radius 1 is 1.29 bits per heavy atom. The third-order valence-electron chi connectivity index (χ3n) is 2.61. The molecule has 0 fully saturated rings. The molecule has 92 valence electrons. The maximum atomic E-state index is 9.99. The van der Waals surface area contributed by atoms with Gasteiger partial charge in [0, 0.05) is 16.1 Å². The SMILES string of the molecule is CC/C=C(O)/C=C(/O)c1cc(Br)cc(C)c1C. The fraction of sp³-hybridized carbons (Fsp3) is 0.286. The predicted molar refractivity (Wildman–Crippen MR) is 75.2 cm³/mol. The third-order valence-corrected chi connectivity index (χ3v) is 3.06. The first-order chi connectivity index (χ1) is 7.95. The van der Waals surface area contributed by atoms with Crippen LogP contribution in [0, 0.1) is 13.8 Å². The summed E-state index contributed by atoms with van der Waals surface area (Å²) in [6, 6.07) is 3.83. The van der Waals surface area contributed by atoms with Crippen molar-refractivity contribution in [1.82, 2.24) is 0 Å². The van der Waals surface area contributed by atoms with Crippen LogP contribution < -0.4 is 0 Å². The topological polar surface area (TPSA) is 40.5 Å². The van der Waals surface area contributed by atoms with E-state index in [1.54, 1.807) is 6.08 Å². The first-order valence-electron chi connectivity index (χ1n) is 5.52. The molecule has 0 aliphatic heterocycles.